The number of hydrogen-bond acceptors (Lipinski definition) is 3. The monoisotopic (exact) mass is 353 g/mol. The summed E-state index contributed by atoms with van der Waals surface area (Å²) < 4.78 is 5.74. The van der Waals surface area contributed by atoms with E-state index in [1.165, 1.54) is 22.1 Å². The van der Waals surface area contributed by atoms with Gasteiger partial charge in [0, 0.05) is 24.5 Å². The van der Waals surface area contributed by atoms with E-state index in [0.29, 0.717) is 18.2 Å². The van der Waals surface area contributed by atoms with Crippen LogP contribution in [0, 0.1) is 0 Å². The van der Waals surface area contributed by atoms with Gasteiger partial charge in [0.1, 0.15) is 5.58 Å². The molecule has 4 aromatic rings. The first kappa shape index (κ1) is 15.2. The van der Waals surface area contributed by atoms with Crippen LogP contribution in [-0.2, 0) is 19.4 Å². The fourth-order valence-electron chi connectivity index (χ4n) is 4.91. The third kappa shape index (κ3) is 2.22. The van der Waals surface area contributed by atoms with Gasteiger partial charge in [-0.2, -0.15) is 0 Å². The van der Waals surface area contributed by atoms with E-state index in [2.05, 4.69) is 53.4 Å². The molecule has 0 bridgehead atoms. The highest BCUT2D eigenvalue weighted by Gasteiger charge is 2.34. The maximum absolute atomic E-state index is 12.7. The normalized spacial score (nSPS) is 18.9. The average Bonchev–Trinajstić information content (AvgIpc) is 2.71. The second-order valence-corrected chi connectivity index (χ2v) is 7.68. The van der Waals surface area contributed by atoms with Crippen LogP contribution < -0.4 is 5.63 Å². The molecule has 2 aliphatic rings. The van der Waals surface area contributed by atoms with E-state index in [-0.39, 0.29) is 5.63 Å². The molecule has 0 amide bonds. The lowest BCUT2D eigenvalue weighted by Gasteiger charge is -2.41. The van der Waals surface area contributed by atoms with Crippen molar-refractivity contribution in [1.82, 2.24) is 4.90 Å². The summed E-state index contributed by atoms with van der Waals surface area (Å²) in [7, 11) is 0. The van der Waals surface area contributed by atoms with Crippen LogP contribution in [0.1, 0.15) is 28.3 Å². The fourth-order valence-corrected chi connectivity index (χ4v) is 4.91. The number of fused-ring (bicyclic) bond motifs is 7. The Labute approximate surface area is 156 Å². The molecule has 0 saturated heterocycles. The van der Waals surface area contributed by atoms with Gasteiger partial charge in [0.05, 0.1) is 5.56 Å². The molecule has 3 heteroatoms. The molecule has 2 aliphatic heterocycles. The highest BCUT2D eigenvalue weighted by Crippen LogP contribution is 2.39. The summed E-state index contributed by atoms with van der Waals surface area (Å²) in [6, 6.07) is 21.5. The van der Waals surface area contributed by atoms with Gasteiger partial charge in [-0.15, -0.1) is 0 Å². The average molecular weight is 353 g/mol. The van der Waals surface area contributed by atoms with E-state index >= 15 is 0 Å². The molecule has 132 valence electrons. The molecular formula is C24H19NO2. The molecule has 0 N–H and O–H groups in total. The molecule has 27 heavy (non-hydrogen) atoms. The van der Waals surface area contributed by atoms with Crippen molar-refractivity contribution in [3.05, 3.63) is 93.3 Å². The zero-order valence-corrected chi connectivity index (χ0v) is 14.9. The summed E-state index contributed by atoms with van der Waals surface area (Å²) in [5, 5.41) is 3.38. The second kappa shape index (κ2) is 5.54. The van der Waals surface area contributed by atoms with Gasteiger partial charge < -0.3 is 4.42 Å². The lowest BCUT2D eigenvalue weighted by Crippen LogP contribution is -2.41. The van der Waals surface area contributed by atoms with Crippen LogP contribution in [0.2, 0.25) is 0 Å². The van der Waals surface area contributed by atoms with Crippen molar-refractivity contribution in [3.63, 3.8) is 0 Å². The van der Waals surface area contributed by atoms with Gasteiger partial charge in [-0.3, -0.25) is 4.90 Å². The summed E-state index contributed by atoms with van der Waals surface area (Å²) in [5.74, 6) is 0. The van der Waals surface area contributed by atoms with Crippen molar-refractivity contribution in [2.24, 2.45) is 0 Å². The SMILES string of the molecule is O=c1oc2cc3ccccc3cc2c2c1CN1CCc3ccccc3C1C2. The number of rotatable bonds is 0. The van der Waals surface area contributed by atoms with E-state index < -0.39 is 0 Å². The Kier molecular flexibility index (Phi) is 3.12. The van der Waals surface area contributed by atoms with Gasteiger partial charge >= 0.3 is 5.63 Å². The summed E-state index contributed by atoms with van der Waals surface area (Å²) in [5.41, 5.74) is 5.40. The standard InChI is InChI=1S/C24H19NO2/c26-24-21-14-25-10-9-15-5-3-4-8-18(15)22(25)13-19(21)20-11-16-6-1-2-7-17(16)12-23(20)27-24/h1-8,11-12,22H,9-10,13-14H2. The minimum Gasteiger partial charge on any atom is -0.422 e. The number of nitrogens with zero attached hydrogens (tertiary/aromatic N) is 1. The maximum Gasteiger partial charge on any atom is 0.341 e. The first-order chi connectivity index (χ1) is 13.3. The van der Waals surface area contributed by atoms with Gasteiger partial charge in [0.25, 0.3) is 0 Å². The molecule has 0 spiro atoms. The van der Waals surface area contributed by atoms with Crippen LogP contribution in [0.15, 0.2) is 69.9 Å². The highest BCUT2D eigenvalue weighted by atomic mass is 16.4. The Morgan fingerprint density at radius 1 is 0.926 bits per heavy atom. The van der Waals surface area contributed by atoms with Crippen molar-refractivity contribution >= 4 is 21.7 Å². The smallest absolute Gasteiger partial charge is 0.341 e. The third-order valence-electron chi connectivity index (χ3n) is 6.27. The zero-order valence-electron chi connectivity index (χ0n) is 14.9. The lowest BCUT2D eigenvalue weighted by molar-refractivity contribution is 0.159. The summed E-state index contributed by atoms with van der Waals surface area (Å²) in [4.78, 5) is 15.2. The molecule has 1 aromatic heterocycles. The van der Waals surface area contributed by atoms with Gasteiger partial charge in [-0.25, -0.2) is 4.79 Å². The summed E-state index contributed by atoms with van der Waals surface area (Å²) in [6.45, 7) is 1.68. The van der Waals surface area contributed by atoms with E-state index in [0.717, 1.165) is 35.7 Å². The van der Waals surface area contributed by atoms with Crippen molar-refractivity contribution in [2.45, 2.75) is 25.4 Å². The maximum atomic E-state index is 12.7. The van der Waals surface area contributed by atoms with Crippen LogP contribution in [0.3, 0.4) is 0 Å². The van der Waals surface area contributed by atoms with Crippen LogP contribution in [0.25, 0.3) is 21.7 Å². The van der Waals surface area contributed by atoms with Crippen LogP contribution >= 0.6 is 0 Å². The molecule has 3 heterocycles. The molecule has 3 nitrogen and oxygen atoms in total. The summed E-state index contributed by atoms with van der Waals surface area (Å²) >= 11 is 0. The van der Waals surface area contributed by atoms with Crippen molar-refractivity contribution in [1.29, 1.82) is 0 Å². The minimum atomic E-state index is -0.176. The van der Waals surface area contributed by atoms with Crippen LogP contribution in [0.5, 0.6) is 0 Å². The van der Waals surface area contributed by atoms with E-state index in [1.807, 2.05) is 12.1 Å². The van der Waals surface area contributed by atoms with Crippen molar-refractivity contribution in [2.75, 3.05) is 6.54 Å². The largest absolute Gasteiger partial charge is 0.422 e. The Morgan fingerprint density at radius 3 is 2.59 bits per heavy atom. The molecule has 3 aromatic carbocycles. The molecule has 1 atom stereocenters. The van der Waals surface area contributed by atoms with E-state index in [1.54, 1.807) is 0 Å². The molecule has 0 saturated carbocycles. The highest BCUT2D eigenvalue weighted by molar-refractivity contribution is 5.97. The third-order valence-corrected chi connectivity index (χ3v) is 6.27. The lowest BCUT2D eigenvalue weighted by atomic mass is 9.83. The summed E-state index contributed by atoms with van der Waals surface area (Å²) in [6.07, 6.45) is 1.92. The Balaban J connectivity index is 1.60. The zero-order chi connectivity index (χ0) is 18.0. The fraction of sp³-hybridized carbons (Fsp3) is 0.208. The molecule has 0 fully saturated rings. The molecule has 0 aliphatic carbocycles. The van der Waals surface area contributed by atoms with Gasteiger partial charge in [0.15, 0.2) is 0 Å². The quantitative estimate of drug-likeness (QED) is 0.342. The second-order valence-electron chi connectivity index (χ2n) is 7.68. The molecule has 1 unspecified atom stereocenters. The molecule has 0 radical (unpaired) electrons. The first-order valence-electron chi connectivity index (χ1n) is 9.57. The first-order valence-corrected chi connectivity index (χ1v) is 9.57. The molecule has 6 rings (SSSR count). The Hall–Kier alpha value is -2.91. The van der Waals surface area contributed by atoms with Gasteiger partial charge in [-0.05, 0) is 52.4 Å². The van der Waals surface area contributed by atoms with Crippen LogP contribution in [0.4, 0.5) is 0 Å². The minimum absolute atomic E-state index is 0.176. The van der Waals surface area contributed by atoms with E-state index in [4.69, 9.17) is 4.42 Å². The Bertz CT molecular complexity index is 1270. The van der Waals surface area contributed by atoms with E-state index in [9.17, 15) is 4.79 Å². The van der Waals surface area contributed by atoms with Crippen LogP contribution in [-0.4, -0.2) is 11.4 Å². The van der Waals surface area contributed by atoms with Gasteiger partial charge in [0.2, 0.25) is 0 Å². The predicted molar refractivity (Wildman–Crippen MR) is 107 cm³/mol. The number of hydrogen-bond donors (Lipinski definition) is 0. The predicted octanol–water partition coefficient (Wildman–Crippen LogP) is 4.60. The number of benzene rings is 3. The van der Waals surface area contributed by atoms with Gasteiger partial charge in [-0.1, -0.05) is 48.5 Å². The van der Waals surface area contributed by atoms with Crippen molar-refractivity contribution < 1.29 is 4.42 Å². The topological polar surface area (TPSA) is 33.5 Å². The van der Waals surface area contributed by atoms with Crippen molar-refractivity contribution in [3.8, 4) is 0 Å². The molecular weight excluding hydrogens is 334 g/mol. The Morgan fingerprint density at radius 2 is 1.70 bits per heavy atom.